The molecular formula is C18H27N5O. The number of aryl methyl sites for hydroxylation is 1. The summed E-state index contributed by atoms with van der Waals surface area (Å²) in [4.78, 5) is 26.6. The molecule has 1 amide bonds. The van der Waals surface area contributed by atoms with E-state index < -0.39 is 0 Å². The molecule has 6 nitrogen and oxygen atoms in total. The van der Waals surface area contributed by atoms with Crippen molar-refractivity contribution in [3.8, 4) is 0 Å². The summed E-state index contributed by atoms with van der Waals surface area (Å²) in [6.45, 7) is 6.56. The maximum absolute atomic E-state index is 13.1. The third-order valence-corrected chi connectivity index (χ3v) is 6.00. The van der Waals surface area contributed by atoms with E-state index in [-0.39, 0.29) is 17.5 Å². The van der Waals surface area contributed by atoms with Crippen LogP contribution in [0.2, 0.25) is 0 Å². The molecule has 2 saturated heterocycles. The zero-order valence-corrected chi connectivity index (χ0v) is 14.7. The Morgan fingerprint density at radius 2 is 1.96 bits per heavy atom. The largest absolute Gasteiger partial charge is 0.355 e. The van der Waals surface area contributed by atoms with E-state index in [4.69, 9.17) is 5.73 Å². The first-order valence-corrected chi connectivity index (χ1v) is 9.18. The SMILES string of the molecule is Cc1nc(C(=O)N2CCCCC23CC3)nc(N2CC[C@@H](N)C2)c1C. The second kappa shape index (κ2) is 5.69. The number of aromatic nitrogens is 2. The van der Waals surface area contributed by atoms with Crippen molar-refractivity contribution < 1.29 is 4.79 Å². The first kappa shape index (κ1) is 15.8. The van der Waals surface area contributed by atoms with Crippen LogP contribution in [-0.4, -0.2) is 52.0 Å². The van der Waals surface area contributed by atoms with Crippen LogP contribution >= 0.6 is 0 Å². The molecule has 2 N–H and O–H groups in total. The van der Waals surface area contributed by atoms with E-state index in [0.29, 0.717) is 5.82 Å². The third kappa shape index (κ3) is 2.57. The average Bonchev–Trinajstić information content (AvgIpc) is 3.19. The van der Waals surface area contributed by atoms with Crippen molar-refractivity contribution in [3.05, 3.63) is 17.1 Å². The molecule has 1 atom stereocenters. The molecule has 3 heterocycles. The zero-order valence-electron chi connectivity index (χ0n) is 14.7. The number of carbonyl (C=O) groups excluding carboxylic acids is 1. The van der Waals surface area contributed by atoms with Crippen molar-refractivity contribution in [2.75, 3.05) is 24.5 Å². The summed E-state index contributed by atoms with van der Waals surface area (Å²) >= 11 is 0. The molecule has 3 fully saturated rings. The van der Waals surface area contributed by atoms with Gasteiger partial charge in [0.15, 0.2) is 0 Å². The highest BCUT2D eigenvalue weighted by Gasteiger charge is 2.51. The van der Waals surface area contributed by atoms with Gasteiger partial charge in [-0.15, -0.1) is 0 Å². The molecule has 1 spiro atoms. The van der Waals surface area contributed by atoms with Gasteiger partial charge in [0, 0.05) is 42.5 Å². The number of likely N-dealkylation sites (tertiary alicyclic amines) is 1. The molecule has 130 valence electrons. The van der Waals surface area contributed by atoms with Crippen LogP contribution in [0, 0.1) is 13.8 Å². The minimum atomic E-state index is 0.0139. The highest BCUT2D eigenvalue weighted by atomic mass is 16.2. The smallest absolute Gasteiger partial charge is 0.292 e. The number of nitrogens with zero attached hydrogens (tertiary/aromatic N) is 4. The van der Waals surface area contributed by atoms with Gasteiger partial charge in [-0.2, -0.15) is 0 Å². The topological polar surface area (TPSA) is 75.4 Å². The second-order valence-corrected chi connectivity index (χ2v) is 7.71. The predicted octanol–water partition coefficient (Wildman–Crippen LogP) is 1.79. The lowest BCUT2D eigenvalue weighted by atomic mass is 10.00. The number of anilines is 1. The van der Waals surface area contributed by atoms with Gasteiger partial charge in [0.1, 0.15) is 5.82 Å². The number of piperidine rings is 1. The second-order valence-electron chi connectivity index (χ2n) is 7.71. The summed E-state index contributed by atoms with van der Waals surface area (Å²) in [5.74, 6) is 1.27. The molecule has 1 aliphatic carbocycles. The summed E-state index contributed by atoms with van der Waals surface area (Å²) in [6, 6.07) is 0.190. The van der Waals surface area contributed by atoms with Crippen LogP contribution in [0.1, 0.15) is 60.4 Å². The molecular weight excluding hydrogens is 302 g/mol. The van der Waals surface area contributed by atoms with Crippen molar-refractivity contribution in [1.29, 1.82) is 0 Å². The van der Waals surface area contributed by atoms with Crippen molar-refractivity contribution in [3.63, 3.8) is 0 Å². The van der Waals surface area contributed by atoms with Crippen LogP contribution in [0.4, 0.5) is 5.82 Å². The molecule has 4 rings (SSSR count). The lowest BCUT2D eigenvalue weighted by molar-refractivity contribution is 0.0560. The maximum Gasteiger partial charge on any atom is 0.292 e. The molecule has 3 aliphatic rings. The average molecular weight is 329 g/mol. The summed E-state index contributed by atoms with van der Waals surface area (Å²) in [5.41, 5.74) is 8.12. The Hall–Kier alpha value is -1.69. The molecule has 1 aromatic heterocycles. The third-order valence-electron chi connectivity index (χ3n) is 6.00. The normalized spacial score (nSPS) is 25.4. The van der Waals surface area contributed by atoms with E-state index in [1.54, 1.807) is 0 Å². The quantitative estimate of drug-likeness (QED) is 0.895. The van der Waals surface area contributed by atoms with Gasteiger partial charge in [-0.1, -0.05) is 0 Å². The van der Waals surface area contributed by atoms with Crippen LogP contribution < -0.4 is 10.6 Å². The minimum Gasteiger partial charge on any atom is -0.355 e. The van der Waals surface area contributed by atoms with E-state index in [1.165, 1.54) is 6.42 Å². The van der Waals surface area contributed by atoms with Crippen molar-refractivity contribution in [2.24, 2.45) is 5.73 Å². The van der Waals surface area contributed by atoms with Gasteiger partial charge in [0.2, 0.25) is 5.82 Å². The molecule has 1 aromatic rings. The van der Waals surface area contributed by atoms with Gasteiger partial charge < -0.3 is 15.5 Å². The minimum absolute atomic E-state index is 0.0139. The van der Waals surface area contributed by atoms with E-state index >= 15 is 0 Å². The number of nitrogens with two attached hydrogens (primary N) is 1. The lowest BCUT2D eigenvalue weighted by Gasteiger charge is -2.36. The van der Waals surface area contributed by atoms with Gasteiger partial charge >= 0.3 is 0 Å². The monoisotopic (exact) mass is 329 g/mol. The van der Waals surface area contributed by atoms with Gasteiger partial charge in [0.25, 0.3) is 5.91 Å². The highest BCUT2D eigenvalue weighted by Crippen LogP contribution is 2.48. The molecule has 1 saturated carbocycles. The Morgan fingerprint density at radius 1 is 1.17 bits per heavy atom. The first-order valence-electron chi connectivity index (χ1n) is 9.18. The van der Waals surface area contributed by atoms with Crippen molar-refractivity contribution in [2.45, 2.75) is 64.0 Å². The number of carbonyl (C=O) groups is 1. The van der Waals surface area contributed by atoms with Crippen molar-refractivity contribution >= 4 is 11.7 Å². The van der Waals surface area contributed by atoms with Crippen molar-refractivity contribution in [1.82, 2.24) is 14.9 Å². The Bertz CT molecular complexity index is 670. The number of amides is 1. The molecule has 0 unspecified atom stereocenters. The van der Waals surface area contributed by atoms with E-state index in [2.05, 4.69) is 19.8 Å². The fourth-order valence-corrected chi connectivity index (χ4v) is 4.19. The molecule has 0 bridgehead atoms. The summed E-state index contributed by atoms with van der Waals surface area (Å²) in [5, 5.41) is 0. The zero-order chi connectivity index (χ0) is 16.9. The van der Waals surface area contributed by atoms with Gasteiger partial charge in [-0.25, -0.2) is 9.97 Å². The van der Waals surface area contributed by atoms with Crippen LogP contribution in [0.5, 0.6) is 0 Å². The van der Waals surface area contributed by atoms with Crippen LogP contribution in [0.3, 0.4) is 0 Å². The van der Waals surface area contributed by atoms with E-state index in [9.17, 15) is 4.79 Å². The van der Waals surface area contributed by atoms with Crippen LogP contribution in [0.25, 0.3) is 0 Å². The highest BCUT2D eigenvalue weighted by molar-refractivity contribution is 5.92. The Balaban J connectivity index is 1.65. The Morgan fingerprint density at radius 3 is 2.62 bits per heavy atom. The standard InChI is InChI=1S/C18H27N5O/c1-12-13(2)20-15(21-16(12)22-10-5-14(19)11-22)17(24)23-9-4-3-6-18(23)7-8-18/h14H,3-11,19H2,1-2H3/t14-/m1/s1. The first-order chi connectivity index (χ1) is 11.5. The predicted molar refractivity (Wildman–Crippen MR) is 93.2 cm³/mol. The Kier molecular flexibility index (Phi) is 3.75. The Labute approximate surface area is 143 Å². The van der Waals surface area contributed by atoms with E-state index in [0.717, 1.165) is 68.8 Å². The maximum atomic E-state index is 13.1. The number of hydrogen-bond acceptors (Lipinski definition) is 5. The molecule has 24 heavy (non-hydrogen) atoms. The summed E-state index contributed by atoms with van der Waals surface area (Å²) < 4.78 is 0. The molecule has 0 aromatic carbocycles. The number of rotatable bonds is 2. The fraction of sp³-hybridized carbons (Fsp3) is 0.722. The molecule has 0 radical (unpaired) electrons. The van der Waals surface area contributed by atoms with Gasteiger partial charge in [-0.3, -0.25) is 4.79 Å². The van der Waals surface area contributed by atoms with Crippen LogP contribution in [-0.2, 0) is 0 Å². The van der Waals surface area contributed by atoms with Gasteiger partial charge in [-0.05, 0) is 52.4 Å². The molecule has 6 heteroatoms. The van der Waals surface area contributed by atoms with Crippen LogP contribution in [0.15, 0.2) is 0 Å². The fourth-order valence-electron chi connectivity index (χ4n) is 4.19. The summed E-state index contributed by atoms with van der Waals surface area (Å²) in [6.07, 6.45) is 6.70. The summed E-state index contributed by atoms with van der Waals surface area (Å²) in [7, 11) is 0. The van der Waals surface area contributed by atoms with E-state index in [1.807, 2.05) is 13.8 Å². The lowest BCUT2D eigenvalue weighted by Crippen LogP contribution is -2.46. The number of hydrogen-bond donors (Lipinski definition) is 1. The van der Waals surface area contributed by atoms with Gasteiger partial charge in [0.05, 0.1) is 0 Å². The molecule has 2 aliphatic heterocycles.